The molecule has 1 saturated heterocycles. The standard InChI is InChI=1S/C14H30N4O4/c1-6(15)10-4-3-7(16)14(21-10)22-13-8(17)5-9(19)11(18-2)12(13)20/h6-14,18-20H,3-5,15-17H2,1-2H3/t6-,7-,8-,9+,10+,11+,12-,13-,14-/m0/s1. The molecule has 22 heavy (non-hydrogen) atoms. The first kappa shape index (κ1) is 18.0. The summed E-state index contributed by atoms with van der Waals surface area (Å²) in [5.74, 6) is 0. The highest BCUT2D eigenvalue weighted by Crippen LogP contribution is 2.27. The molecule has 2 aliphatic rings. The number of aliphatic hydroxyl groups is 2. The van der Waals surface area contributed by atoms with Crippen LogP contribution < -0.4 is 22.5 Å². The van der Waals surface area contributed by atoms with Crippen LogP contribution in [0.2, 0.25) is 0 Å². The van der Waals surface area contributed by atoms with Crippen molar-refractivity contribution in [2.24, 2.45) is 17.2 Å². The quantitative estimate of drug-likeness (QED) is 0.336. The van der Waals surface area contributed by atoms with Crippen LogP contribution in [0.3, 0.4) is 0 Å². The van der Waals surface area contributed by atoms with Crippen LogP contribution in [0.15, 0.2) is 0 Å². The van der Waals surface area contributed by atoms with Gasteiger partial charge in [0.15, 0.2) is 6.29 Å². The van der Waals surface area contributed by atoms with Gasteiger partial charge >= 0.3 is 0 Å². The van der Waals surface area contributed by atoms with E-state index in [9.17, 15) is 10.2 Å². The minimum absolute atomic E-state index is 0.115. The normalized spacial score (nSPS) is 48.1. The first-order valence-corrected chi connectivity index (χ1v) is 7.96. The first-order chi connectivity index (χ1) is 10.3. The average Bonchev–Trinajstić information content (AvgIpc) is 2.45. The molecule has 1 saturated carbocycles. The predicted octanol–water partition coefficient (Wildman–Crippen LogP) is -2.41. The van der Waals surface area contributed by atoms with Crippen LogP contribution in [-0.2, 0) is 9.47 Å². The predicted molar refractivity (Wildman–Crippen MR) is 81.8 cm³/mol. The van der Waals surface area contributed by atoms with Crippen LogP contribution in [0.5, 0.6) is 0 Å². The van der Waals surface area contributed by atoms with E-state index in [1.807, 2.05) is 6.92 Å². The lowest BCUT2D eigenvalue weighted by Gasteiger charge is -2.45. The third-order valence-corrected chi connectivity index (χ3v) is 4.71. The van der Waals surface area contributed by atoms with Crippen LogP contribution >= 0.6 is 0 Å². The zero-order valence-electron chi connectivity index (χ0n) is 13.3. The lowest BCUT2D eigenvalue weighted by Crippen LogP contribution is -2.65. The molecule has 0 aromatic carbocycles. The summed E-state index contributed by atoms with van der Waals surface area (Å²) in [5.41, 5.74) is 18.0. The number of likely N-dealkylation sites (N-methyl/N-ethyl adjacent to an activating group) is 1. The third-order valence-electron chi connectivity index (χ3n) is 4.71. The second-order valence-electron chi connectivity index (χ2n) is 6.52. The summed E-state index contributed by atoms with van der Waals surface area (Å²) in [6.07, 6.45) is -1.20. The van der Waals surface area contributed by atoms with Gasteiger partial charge in [-0.3, -0.25) is 0 Å². The number of hydrogen-bond acceptors (Lipinski definition) is 8. The molecule has 0 bridgehead atoms. The van der Waals surface area contributed by atoms with Gasteiger partial charge in [-0.2, -0.15) is 0 Å². The molecule has 9 N–H and O–H groups in total. The van der Waals surface area contributed by atoms with Crippen molar-refractivity contribution in [3.8, 4) is 0 Å². The zero-order valence-corrected chi connectivity index (χ0v) is 13.3. The highest BCUT2D eigenvalue weighted by molar-refractivity contribution is 4.99. The molecule has 0 unspecified atom stereocenters. The van der Waals surface area contributed by atoms with Gasteiger partial charge in [0.1, 0.15) is 6.10 Å². The van der Waals surface area contributed by atoms with Gasteiger partial charge in [0.2, 0.25) is 0 Å². The van der Waals surface area contributed by atoms with E-state index in [4.69, 9.17) is 26.7 Å². The van der Waals surface area contributed by atoms with E-state index in [-0.39, 0.29) is 18.2 Å². The fraction of sp³-hybridized carbons (Fsp3) is 1.00. The molecule has 1 aliphatic heterocycles. The van der Waals surface area contributed by atoms with Crippen molar-refractivity contribution in [3.05, 3.63) is 0 Å². The summed E-state index contributed by atoms with van der Waals surface area (Å²) in [6.45, 7) is 1.88. The highest BCUT2D eigenvalue weighted by atomic mass is 16.7. The molecule has 1 aliphatic carbocycles. The summed E-state index contributed by atoms with van der Waals surface area (Å²) in [4.78, 5) is 0. The van der Waals surface area contributed by atoms with Gasteiger partial charge in [-0.25, -0.2) is 0 Å². The molecule has 0 radical (unpaired) electrons. The summed E-state index contributed by atoms with van der Waals surface area (Å²) >= 11 is 0. The molecule has 9 atom stereocenters. The summed E-state index contributed by atoms with van der Waals surface area (Å²) in [7, 11) is 1.68. The molecule has 8 heteroatoms. The topological polar surface area (TPSA) is 149 Å². The Morgan fingerprint density at radius 2 is 1.91 bits per heavy atom. The largest absolute Gasteiger partial charge is 0.391 e. The van der Waals surface area contributed by atoms with E-state index in [1.54, 1.807) is 7.05 Å². The lowest BCUT2D eigenvalue weighted by atomic mass is 9.84. The molecular weight excluding hydrogens is 288 g/mol. The van der Waals surface area contributed by atoms with Crippen molar-refractivity contribution in [3.63, 3.8) is 0 Å². The second kappa shape index (κ2) is 7.50. The molecule has 2 fully saturated rings. The Morgan fingerprint density at radius 1 is 1.23 bits per heavy atom. The van der Waals surface area contributed by atoms with Crippen molar-refractivity contribution >= 4 is 0 Å². The summed E-state index contributed by atoms with van der Waals surface area (Å²) in [6, 6.07) is -1.38. The number of hydrogen-bond donors (Lipinski definition) is 6. The van der Waals surface area contributed by atoms with Crippen LogP contribution in [0, 0.1) is 0 Å². The molecule has 8 nitrogen and oxygen atoms in total. The maximum Gasteiger partial charge on any atom is 0.173 e. The Balaban J connectivity index is 2.03. The Morgan fingerprint density at radius 3 is 2.50 bits per heavy atom. The van der Waals surface area contributed by atoms with Gasteiger partial charge in [-0.1, -0.05) is 0 Å². The van der Waals surface area contributed by atoms with Gasteiger partial charge in [0, 0.05) is 12.1 Å². The molecule has 0 amide bonds. The molecule has 130 valence electrons. The van der Waals surface area contributed by atoms with Crippen molar-refractivity contribution in [2.45, 2.75) is 81.1 Å². The highest BCUT2D eigenvalue weighted by Gasteiger charge is 2.45. The smallest absolute Gasteiger partial charge is 0.173 e. The Hall–Kier alpha value is -0.320. The fourth-order valence-corrected chi connectivity index (χ4v) is 3.30. The summed E-state index contributed by atoms with van der Waals surface area (Å²) in [5, 5.41) is 23.3. The molecule has 0 aromatic rings. The van der Waals surface area contributed by atoms with E-state index in [0.29, 0.717) is 6.42 Å². The zero-order chi connectivity index (χ0) is 16.4. The van der Waals surface area contributed by atoms with Gasteiger partial charge in [-0.15, -0.1) is 0 Å². The van der Waals surface area contributed by atoms with Crippen LogP contribution in [-0.4, -0.2) is 72.1 Å². The number of nitrogens with one attached hydrogen (secondary N) is 1. The van der Waals surface area contributed by atoms with E-state index in [1.165, 1.54) is 0 Å². The van der Waals surface area contributed by atoms with Crippen molar-refractivity contribution in [1.29, 1.82) is 0 Å². The van der Waals surface area contributed by atoms with E-state index in [2.05, 4.69) is 5.32 Å². The molecule has 1 heterocycles. The minimum Gasteiger partial charge on any atom is -0.391 e. The number of aliphatic hydroxyl groups excluding tert-OH is 2. The van der Waals surface area contributed by atoms with Crippen LogP contribution in [0.4, 0.5) is 0 Å². The third kappa shape index (κ3) is 3.77. The minimum atomic E-state index is -0.935. The number of nitrogens with two attached hydrogens (primary N) is 3. The maximum absolute atomic E-state index is 10.4. The molecule has 0 spiro atoms. The van der Waals surface area contributed by atoms with Gasteiger partial charge in [0.05, 0.1) is 30.4 Å². The van der Waals surface area contributed by atoms with E-state index < -0.39 is 36.7 Å². The van der Waals surface area contributed by atoms with E-state index >= 15 is 0 Å². The van der Waals surface area contributed by atoms with E-state index in [0.717, 1.165) is 12.8 Å². The van der Waals surface area contributed by atoms with Crippen molar-refractivity contribution in [2.75, 3.05) is 7.05 Å². The molecular formula is C14H30N4O4. The summed E-state index contributed by atoms with van der Waals surface area (Å²) < 4.78 is 11.7. The monoisotopic (exact) mass is 318 g/mol. The van der Waals surface area contributed by atoms with Gasteiger partial charge in [0.25, 0.3) is 0 Å². The van der Waals surface area contributed by atoms with Crippen molar-refractivity contribution in [1.82, 2.24) is 5.32 Å². The van der Waals surface area contributed by atoms with Gasteiger partial charge < -0.3 is 42.2 Å². The van der Waals surface area contributed by atoms with Gasteiger partial charge in [-0.05, 0) is 33.2 Å². The number of rotatable bonds is 4. The molecule has 0 aromatic heterocycles. The maximum atomic E-state index is 10.4. The fourth-order valence-electron chi connectivity index (χ4n) is 3.30. The van der Waals surface area contributed by atoms with Crippen molar-refractivity contribution < 1.29 is 19.7 Å². The Labute approximate surface area is 131 Å². The first-order valence-electron chi connectivity index (χ1n) is 7.96. The SMILES string of the molecule is CN[C@H]1[C@H](O)[C@@H](O[C@@H]2O[C@@H]([C@H](C)N)CC[C@@H]2N)[C@@H](N)C[C@H]1O. The average molecular weight is 318 g/mol. The second-order valence-corrected chi connectivity index (χ2v) is 6.52. The Bertz CT molecular complexity index is 360. The van der Waals surface area contributed by atoms with Crippen LogP contribution in [0.25, 0.3) is 0 Å². The number of ether oxygens (including phenoxy) is 2. The Kier molecular flexibility index (Phi) is 6.14. The van der Waals surface area contributed by atoms with Crippen LogP contribution in [0.1, 0.15) is 26.2 Å². The molecule has 2 rings (SSSR count). The lowest BCUT2D eigenvalue weighted by molar-refractivity contribution is -0.252.